The van der Waals surface area contributed by atoms with Gasteiger partial charge < -0.3 is 20.5 Å². The van der Waals surface area contributed by atoms with Gasteiger partial charge in [0.1, 0.15) is 11.9 Å². The van der Waals surface area contributed by atoms with Gasteiger partial charge >= 0.3 is 5.97 Å². The maximum absolute atomic E-state index is 11.8. The van der Waals surface area contributed by atoms with Gasteiger partial charge in [0.25, 0.3) is 0 Å². The van der Waals surface area contributed by atoms with E-state index in [1.54, 1.807) is 48.1 Å². The molecule has 0 atom stereocenters. The van der Waals surface area contributed by atoms with E-state index in [2.05, 4.69) is 35.8 Å². The maximum Gasteiger partial charge on any atom is 0.341 e. The number of aromatic nitrogens is 7. The van der Waals surface area contributed by atoms with Gasteiger partial charge in [-0.3, -0.25) is 9.36 Å². The molecule has 32 heavy (non-hydrogen) atoms. The number of methoxy groups -OCH3 is 1. The average molecular weight is 435 g/mol. The summed E-state index contributed by atoms with van der Waals surface area (Å²) in [7, 11) is 5.09. The van der Waals surface area contributed by atoms with E-state index in [1.807, 2.05) is 13.0 Å². The van der Waals surface area contributed by atoms with Crippen molar-refractivity contribution >= 4 is 29.1 Å². The summed E-state index contributed by atoms with van der Waals surface area (Å²) in [5, 5.41) is 24.3. The van der Waals surface area contributed by atoms with E-state index in [0.717, 1.165) is 5.69 Å². The van der Waals surface area contributed by atoms with Crippen LogP contribution in [0.5, 0.6) is 5.75 Å². The second-order valence-corrected chi connectivity index (χ2v) is 6.94. The monoisotopic (exact) mass is 435 g/mol. The molecule has 4 rings (SSSR count). The Bertz CT molecular complexity index is 1300. The smallest absolute Gasteiger partial charge is 0.341 e. The number of benzene rings is 1. The van der Waals surface area contributed by atoms with Crippen molar-refractivity contribution in [2.24, 2.45) is 14.1 Å². The standard InChI is InChI=1S/C20H21N9O3/c1-11-15(9-28(2)26-11)24-20-21-8-13(19(30)31)18(25-20)23-14-7-5-6-12(16(14)32-4)17-22-10-29(3)27-17/h5-10H,1-4H3,(H,30,31)(H2,21,23,24,25). The van der Waals surface area contributed by atoms with Gasteiger partial charge in [-0.05, 0) is 19.1 Å². The molecule has 0 bridgehead atoms. The Labute approximate surface area is 182 Å². The van der Waals surface area contributed by atoms with Crippen molar-refractivity contribution in [1.29, 1.82) is 0 Å². The van der Waals surface area contributed by atoms with E-state index in [9.17, 15) is 9.90 Å². The summed E-state index contributed by atoms with van der Waals surface area (Å²) in [5.41, 5.74) is 2.52. The number of carbonyl (C=O) groups is 1. The third-order valence-electron chi connectivity index (χ3n) is 4.59. The van der Waals surface area contributed by atoms with E-state index in [0.29, 0.717) is 28.5 Å². The fourth-order valence-corrected chi connectivity index (χ4v) is 3.16. The fourth-order valence-electron chi connectivity index (χ4n) is 3.16. The minimum Gasteiger partial charge on any atom is -0.494 e. The predicted octanol–water partition coefficient (Wildman–Crippen LogP) is 2.51. The third kappa shape index (κ3) is 4.05. The van der Waals surface area contributed by atoms with Crippen molar-refractivity contribution in [1.82, 2.24) is 34.5 Å². The summed E-state index contributed by atoms with van der Waals surface area (Å²) >= 11 is 0. The Hall–Kier alpha value is -4.48. The topological polar surface area (TPSA) is 145 Å². The SMILES string of the molecule is COc1c(Nc2nc(Nc3cn(C)nc3C)ncc2C(=O)O)cccc1-c1ncn(C)n1. The molecule has 0 fully saturated rings. The van der Waals surface area contributed by atoms with Gasteiger partial charge in [0.05, 0.1) is 29.7 Å². The minimum atomic E-state index is -1.17. The summed E-state index contributed by atoms with van der Waals surface area (Å²) in [5.74, 6) is 0.0732. The number of hydrogen-bond acceptors (Lipinski definition) is 9. The molecule has 164 valence electrons. The molecule has 4 aromatic rings. The van der Waals surface area contributed by atoms with Gasteiger partial charge in [0.2, 0.25) is 5.95 Å². The highest BCUT2D eigenvalue weighted by Crippen LogP contribution is 2.36. The van der Waals surface area contributed by atoms with E-state index in [1.165, 1.54) is 13.3 Å². The van der Waals surface area contributed by atoms with Crippen LogP contribution in [0.1, 0.15) is 16.1 Å². The largest absolute Gasteiger partial charge is 0.494 e. The minimum absolute atomic E-state index is 0.0955. The fraction of sp³-hybridized carbons (Fsp3) is 0.200. The van der Waals surface area contributed by atoms with Crippen LogP contribution in [0.15, 0.2) is 36.9 Å². The molecule has 0 radical (unpaired) electrons. The number of carboxylic acids is 1. The van der Waals surface area contributed by atoms with Gasteiger partial charge in [0.15, 0.2) is 17.4 Å². The lowest BCUT2D eigenvalue weighted by Crippen LogP contribution is -2.09. The van der Waals surface area contributed by atoms with Crippen LogP contribution in [0.2, 0.25) is 0 Å². The van der Waals surface area contributed by atoms with Crippen molar-refractivity contribution in [3.8, 4) is 17.1 Å². The number of rotatable bonds is 7. The van der Waals surface area contributed by atoms with Crippen molar-refractivity contribution < 1.29 is 14.6 Å². The van der Waals surface area contributed by atoms with Crippen LogP contribution in [0.3, 0.4) is 0 Å². The molecule has 0 amide bonds. The Balaban J connectivity index is 1.73. The van der Waals surface area contributed by atoms with Crippen LogP contribution in [0.25, 0.3) is 11.4 Å². The molecule has 0 saturated heterocycles. The van der Waals surface area contributed by atoms with E-state index in [4.69, 9.17) is 4.74 Å². The first-order chi connectivity index (χ1) is 15.4. The second kappa shape index (κ2) is 8.34. The number of hydrogen-bond donors (Lipinski definition) is 3. The number of aromatic carboxylic acids is 1. The van der Waals surface area contributed by atoms with Gasteiger partial charge in [-0.25, -0.2) is 14.8 Å². The Morgan fingerprint density at radius 3 is 2.53 bits per heavy atom. The first-order valence-corrected chi connectivity index (χ1v) is 9.53. The van der Waals surface area contributed by atoms with Crippen molar-refractivity contribution in [2.75, 3.05) is 17.7 Å². The molecule has 12 heteroatoms. The lowest BCUT2D eigenvalue weighted by molar-refractivity contribution is 0.0697. The van der Waals surface area contributed by atoms with Crippen LogP contribution in [0, 0.1) is 6.92 Å². The number of ether oxygens (including phenoxy) is 1. The molecule has 1 aromatic carbocycles. The second-order valence-electron chi connectivity index (χ2n) is 6.94. The van der Waals surface area contributed by atoms with Crippen LogP contribution < -0.4 is 15.4 Å². The molecule has 0 aliphatic rings. The van der Waals surface area contributed by atoms with Crippen molar-refractivity contribution in [2.45, 2.75) is 6.92 Å². The molecule has 0 aliphatic heterocycles. The van der Waals surface area contributed by atoms with Gasteiger partial charge in [-0.1, -0.05) is 6.07 Å². The maximum atomic E-state index is 11.8. The Morgan fingerprint density at radius 2 is 1.91 bits per heavy atom. The number of anilines is 4. The third-order valence-corrected chi connectivity index (χ3v) is 4.59. The van der Waals surface area contributed by atoms with Crippen LogP contribution in [-0.2, 0) is 14.1 Å². The van der Waals surface area contributed by atoms with E-state index < -0.39 is 5.97 Å². The Kier molecular flexibility index (Phi) is 5.41. The molecule has 3 N–H and O–H groups in total. The lowest BCUT2D eigenvalue weighted by Gasteiger charge is -2.15. The zero-order chi connectivity index (χ0) is 22.8. The van der Waals surface area contributed by atoms with Crippen LogP contribution in [0.4, 0.5) is 23.1 Å². The molecule has 0 unspecified atom stereocenters. The predicted molar refractivity (Wildman–Crippen MR) is 116 cm³/mol. The zero-order valence-electron chi connectivity index (χ0n) is 17.9. The van der Waals surface area contributed by atoms with Gasteiger partial charge in [-0.2, -0.15) is 15.2 Å². The Morgan fingerprint density at radius 1 is 1.09 bits per heavy atom. The van der Waals surface area contributed by atoms with E-state index in [-0.39, 0.29) is 17.3 Å². The molecular weight excluding hydrogens is 414 g/mol. The molecule has 12 nitrogen and oxygen atoms in total. The summed E-state index contributed by atoms with van der Waals surface area (Å²) < 4.78 is 8.83. The lowest BCUT2D eigenvalue weighted by atomic mass is 10.1. The number of aryl methyl sites for hydroxylation is 3. The number of carboxylic acid groups (broad SMARTS) is 1. The summed E-state index contributed by atoms with van der Waals surface area (Å²) in [6.07, 6.45) is 4.60. The van der Waals surface area contributed by atoms with Crippen LogP contribution in [-0.4, -0.2) is 52.7 Å². The summed E-state index contributed by atoms with van der Waals surface area (Å²) in [6.45, 7) is 1.84. The van der Waals surface area contributed by atoms with Gasteiger partial charge in [-0.15, -0.1) is 0 Å². The average Bonchev–Trinajstić information content (AvgIpc) is 3.32. The van der Waals surface area contributed by atoms with Crippen molar-refractivity contribution in [3.05, 3.63) is 48.2 Å². The molecule has 0 aliphatic carbocycles. The number of nitrogens with one attached hydrogen (secondary N) is 2. The highest BCUT2D eigenvalue weighted by Gasteiger charge is 2.19. The van der Waals surface area contributed by atoms with Gasteiger partial charge in [0, 0.05) is 26.5 Å². The molecule has 3 heterocycles. The quantitative estimate of drug-likeness (QED) is 0.396. The first kappa shape index (κ1) is 20.8. The summed E-state index contributed by atoms with van der Waals surface area (Å²) in [4.78, 5) is 24.5. The number of para-hydroxylation sites is 1. The molecule has 0 spiro atoms. The molecular formula is C20H21N9O3. The normalized spacial score (nSPS) is 10.8. The number of nitrogens with zero attached hydrogens (tertiary/aromatic N) is 7. The molecule has 0 saturated carbocycles. The molecule has 3 aromatic heterocycles. The van der Waals surface area contributed by atoms with Crippen LogP contribution >= 0.6 is 0 Å². The van der Waals surface area contributed by atoms with Crippen molar-refractivity contribution in [3.63, 3.8) is 0 Å². The first-order valence-electron chi connectivity index (χ1n) is 9.53. The zero-order valence-corrected chi connectivity index (χ0v) is 17.9. The van der Waals surface area contributed by atoms with E-state index >= 15 is 0 Å². The highest BCUT2D eigenvalue weighted by molar-refractivity contribution is 5.94. The summed E-state index contributed by atoms with van der Waals surface area (Å²) in [6, 6.07) is 5.35. The highest BCUT2D eigenvalue weighted by atomic mass is 16.5.